The third-order valence-corrected chi connectivity index (χ3v) is 9.70. The molecular weight excluding hydrogens is 512 g/mol. The van der Waals surface area contributed by atoms with Crippen LogP contribution in [0.15, 0.2) is 40.2 Å². The number of thiazole rings is 1. The summed E-state index contributed by atoms with van der Waals surface area (Å²) in [4.78, 5) is 12.7. The molecule has 10 heteroatoms. The largest absolute Gasteiger partial charge is 0.440 e. The zero-order valence-corrected chi connectivity index (χ0v) is 23.5. The second-order valence-corrected chi connectivity index (χ2v) is 12.1. The highest BCUT2D eigenvalue weighted by molar-refractivity contribution is 7.99. The molecule has 4 heterocycles. The van der Waals surface area contributed by atoms with E-state index < -0.39 is 0 Å². The van der Waals surface area contributed by atoms with Crippen LogP contribution in [0.25, 0.3) is 22.0 Å². The van der Waals surface area contributed by atoms with Crippen LogP contribution in [0.3, 0.4) is 0 Å². The van der Waals surface area contributed by atoms with E-state index in [1.165, 1.54) is 41.9 Å². The van der Waals surface area contributed by atoms with Crippen molar-refractivity contribution < 1.29 is 4.42 Å². The molecule has 0 N–H and O–H groups in total. The van der Waals surface area contributed by atoms with E-state index in [4.69, 9.17) is 4.42 Å². The van der Waals surface area contributed by atoms with Crippen LogP contribution < -0.4 is 0 Å². The number of hydrogen-bond acceptors (Lipinski definition) is 8. The molecule has 2 aliphatic rings. The minimum Gasteiger partial charge on any atom is -0.440 e. The highest BCUT2D eigenvalue weighted by atomic mass is 35.5. The Hall–Kier alpha value is -2.20. The van der Waals surface area contributed by atoms with E-state index in [9.17, 15) is 0 Å². The Labute approximate surface area is 226 Å². The van der Waals surface area contributed by atoms with Crippen molar-refractivity contribution in [2.24, 2.45) is 13.0 Å². The molecule has 3 aromatic heterocycles. The molecule has 1 saturated carbocycles. The van der Waals surface area contributed by atoms with E-state index in [0.717, 1.165) is 52.0 Å². The highest BCUT2D eigenvalue weighted by Crippen LogP contribution is 2.59. The van der Waals surface area contributed by atoms with Gasteiger partial charge in [-0.05, 0) is 57.2 Å². The maximum absolute atomic E-state index is 5.48. The molecule has 0 bridgehead atoms. The van der Waals surface area contributed by atoms with Gasteiger partial charge in [0.1, 0.15) is 0 Å². The first kappa shape index (κ1) is 25.4. The number of likely N-dealkylation sites (tertiary alicyclic amines) is 1. The van der Waals surface area contributed by atoms with Crippen molar-refractivity contribution in [2.75, 3.05) is 25.4 Å². The van der Waals surface area contributed by atoms with Crippen molar-refractivity contribution in [2.45, 2.75) is 44.2 Å². The van der Waals surface area contributed by atoms with E-state index in [0.29, 0.717) is 11.2 Å². The first-order valence-corrected chi connectivity index (χ1v) is 13.9. The maximum atomic E-state index is 5.48. The van der Waals surface area contributed by atoms with Crippen molar-refractivity contribution in [1.82, 2.24) is 29.6 Å². The zero-order valence-electron chi connectivity index (χ0n) is 21.0. The normalized spacial score (nSPS) is 20.9. The molecule has 4 aromatic rings. The summed E-state index contributed by atoms with van der Waals surface area (Å²) in [5.74, 6) is 3.26. The van der Waals surface area contributed by atoms with Crippen LogP contribution in [0.1, 0.15) is 34.8 Å². The molecule has 1 aliphatic heterocycles. The lowest BCUT2D eigenvalue weighted by atomic mass is 9.94. The lowest BCUT2D eigenvalue weighted by molar-refractivity contribution is 0.299. The Morgan fingerprint density at radius 2 is 1.94 bits per heavy atom. The number of oxazole rings is 1. The Kier molecular flexibility index (Phi) is 7.02. The van der Waals surface area contributed by atoms with Crippen molar-refractivity contribution in [3.8, 4) is 22.0 Å². The second-order valence-electron chi connectivity index (χ2n) is 9.85. The lowest BCUT2D eigenvalue weighted by Crippen LogP contribution is -2.27. The zero-order chi connectivity index (χ0) is 24.2. The Morgan fingerprint density at radius 1 is 1.14 bits per heavy atom. The number of benzene rings is 1. The highest BCUT2D eigenvalue weighted by Gasteiger charge is 2.60. The van der Waals surface area contributed by atoms with Gasteiger partial charge in [-0.25, -0.2) is 9.97 Å². The van der Waals surface area contributed by atoms with Gasteiger partial charge in [-0.15, -0.1) is 33.9 Å². The van der Waals surface area contributed by atoms with E-state index in [-0.39, 0.29) is 12.4 Å². The average Bonchev–Trinajstić information content (AvgIpc) is 3.25. The van der Waals surface area contributed by atoms with E-state index >= 15 is 0 Å². The van der Waals surface area contributed by atoms with Gasteiger partial charge in [0.05, 0.1) is 21.3 Å². The Bertz CT molecular complexity index is 1360. The molecular formula is C26H31ClN6OS2. The Morgan fingerprint density at radius 3 is 2.64 bits per heavy atom. The predicted molar refractivity (Wildman–Crippen MR) is 147 cm³/mol. The lowest BCUT2D eigenvalue weighted by Gasteiger charge is -2.21. The van der Waals surface area contributed by atoms with Crippen molar-refractivity contribution in [3.63, 3.8) is 0 Å². The molecule has 6 rings (SSSR count). The van der Waals surface area contributed by atoms with Crippen molar-refractivity contribution in [1.29, 1.82) is 0 Å². The number of aryl methyl sites for hydroxylation is 3. The molecule has 1 saturated heterocycles. The molecule has 2 unspecified atom stereocenters. The van der Waals surface area contributed by atoms with Gasteiger partial charge >= 0.3 is 0 Å². The third kappa shape index (κ3) is 4.51. The molecule has 36 heavy (non-hydrogen) atoms. The van der Waals surface area contributed by atoms with Gasteiger partial charge in [0.2, 0.25) is 5.82 Å². The number of hydrogen-bond donors (Lipinski definition) is 0. The van der Waals surface area contributed by atoms with Crippen LogP contribution >= 0.6 is 35.5 Å². The fraction of sp³-hybridized carbons (Fsp3) is 0.462. The van der Waals surface area contributed by atoms with Crippen molar-refractivity contribution >= 4 is 35.5 Å². The molecule has 1 aliphatic carbocycles. The van der Waals surface area contributed by atoms with Crippen LogP contribution in [0.4, 0.5) is 0 Å². The number of nitrogens with zero attached hydrogens (tertiary/aromatic N) is 6. The Balaban J connectivity index is 0.00000267. The number of aromatic nitrogens is 5. The second kappa shape index (κ2) is 9.93. The predicted octanol–water partition coefficient (Wildman–Crippen LogP) is 5.70. The summed E-state index contributed by atoms with van der Waals surface area (Å²) in [5, 5.41) is 10.7. The van der Waals surface area contributed by atoms with Crippen LogP contribution in [0.2, 0.25) is 0 Å². The van der Waals surface area contributed by atoms with Crippen LogP contribution in [-0.4, -0.2) is 55.0 Å². The summed E-state index contributed by atoms with van der Waals surface area (Å²) in [6.45, 7) is 9.65. The summed E-state index contributed by atoms with van der Waals surface area (Å²) in [5.41, 5.74) is 5.15. The molecule has 0 spiro atoms. The number of thioether (sulfide) groups is 1. The van der Waals surface area contributed by atoms with Crippen LogP contribution in [-0.2, 0) is 12.5 Å². The number of piperidine rings is 1. The topological polar surface area (TPSA) is 72.9 Å². The first-order chi connectivity index (χ1) is 16.9. The minimum atomic E-state index is 0. The number of rotatable bonds is 8. The summed E-state index contributed by atoms with van der Waals surface area (Å²) in [7, 11) is 1.99. The minimum absolute atomic E-state index is 0. The molecule has 2 atom stereocenters. The molecule has 0 radical (unpaired) electrons. The smallest absolute Gasteiger partial charge is 0.202 e. The first-order valence-electron chi connectivity index (χ1n) is 12.1. The molecule has 1 aromatic carbocycles. The summed E-state index contributed by atoms with van der Waals surface area (Å²) in [6.07, 6.45) is 3.93. The molecule has 190 valence electrons. The SMILES string of the molecule is Cc1nc(C)c(-c2ccc(C34CC3CN(CCCSc3nnc(-c5ocnc5C)n3C)C4)cc2)s1.Cl. The van der Waals surface area contributed by atoms with Crippen LogP contribution in [0.5, 0.6) is 0 Å². The van der Waals surface area contributed by atoms with Gasteiger partial charge in [-0.2, -0.15) is 0 Å². The maximum Gasteiger partial charge on any atom is 0.202 e. The monoisotopic (exact) mass is 542 g/mol. The van der Waals surface area contributed by atoms with Gasteiger partial charge in [0.15, 0.2) is 17.3 Å². The molecule has 7 nitrogen and oxygen atoms in total. The quantitative estimate of drug-likeness (QED) is 0.209. The molecule has 2 fully saturated rings. The molecule has 0 amide bonds. The van der Waals surface area contributed by atoms with Gasteiger partial charge in [-0.3, -0.25) is 0 Å². The van der Waals surface area contributed by atoms with E-state index in [1.807, 2.05) is 18.5 Å². The van der Waals surface area contributed by atoms with Gasteiger partial charge in [0, 0.05) is 31.3 Å². The van der Waals surface area contributed by atoms with Gasteiger partial charge < -0.3 is 13.9 Å². The summed E-state index contributed by atoms with van der Waals surface area (Å²) < 4.78 is 7.48. The summed E-state index contributed by atoms with van der Waals surface area (Å²) >= 11 is 3.55. The van der Waals surface area contributed by atoms with E-state index in [1.54, 1.807) is 23.1 Å². The average molecular weight is 543 g/mol. The number of halogens is 1. The van der Waals surface area contributed by atoms with Gasteiger partial charge in [0.25, 0.3) is 0 Å². The third-order valence-electron chi connectivity index (χ3n) is 7.48. The number of fused-ring (bicyclic) bond motifs is 1. The standard InChI is InChI=1S/C26H30N6OS2.ClH/c1-16-22(33-15-27-16)24-29-30-25(31(24)4)34-11-5-10-32-13-21-12-26(21,14-32)20-8-6-19(7-9-20)23-17(2)28-18(3)35-23;/h6-9,15,21H,5,10-14H2,1-4H3;1H. The summed E-state index contributed by atoms with van der Waals surface area (Å²) in [6, 6.07) is 9.33. The van der Waals surface area contributed by atoms with Crippen molar-refractivity contribution in [3.05, 3.63) is 52.6 Å². The van der Waals surface area contributed by atoms with Crippen LogP contribution in [0, 0.1) is 26.7 Å². The van der Waals surface area contributed by atoms with E-state index in [2.05, 4.69) is 63.2 Å². The van der Waals surface area contributed by atoms with Gasteiger partial charge in [-0.1, -0.05) is 36.0 Å². The fourth-order valence-corrected chi connectivity index (χ4v) is 7.32. The fourth-order valence-electron chi connectivity index (χ4n) is 5.56.